The molecule has 0 fully saturated rings. The SMILES string of the molecule is c1ccc(-c2nc(-c3ccccc3)nc(-c3ccc4cc(-c5ccc6nc(-c7cc8ccccc8c8ccccc78)ccc6c5)ccc4n3)n2)cc1. The number of benzene rings is 7. The molecule has 7 aromatic carbocycles. The largest absolute Gasteiger partial charge is 0.248 e. The van der Waals surface area contributed by atoms with Crippen LogP contribution in [-0.4, -0.2) is 24.9 Å². The number of rotatable bonds is 5. The molecule has 52 heavy (non-hydrogen) atoms. The van der Waals surface area contributed by atoms with E-state index >= 15 is 0 Å². The fourth-order valence-electron chi connectivity index (χ4n) is 7.07. The van der Waals surface area contributed by atoms with Gasteiger partial charge in [-0.25, -0.2) is 24.9 Å². The van der Waals surface area contributed by atoms with Gasteiger partial charge in [-0.3, -0.25) is 0 Å². The zero-order chi connectivity index (χ0) is 34.4. The first-order valence-electron chi connectivity index (χ1n) is 17.3. The summed E-state index contributed by atoms with van der Waals surface area (Å²) in [4.78, 5) is 24.7. The second-order valence-electron chi connectivity index (χ2n) is 12.9. The molecule has 0 atom stereocenters. The van der Waals surface area contributed by atoms with Gasteiger partial charge >= 0.3 is 0 Å². The Morgan fingerprint density at radius 1 is 0.269 bits per heavy atom. The van der Waals surface area contributed by atoms with E-state index in [9.17, 15) is 0 Å². The van der Waals surface area contributed by atoms with Crippen LogP contribution in [0.1, 0.15) is 0 Å². The predicted octanol–water partition coefficient (Wildman–Crippen LogP) is 11.6. The zero-order valence-electron chi connectivity index (χ0n) is 28.0. The van der Waals surface area contributed by atoms with Crippen LogP contribution in [0.5, 0.6) is 0 Å². The number of hydrogen-bond acceptors (Lipinski definition) is 5. The van der Waals surface area contributed by atoms with Gasteiger partial charge in [0.15, 0.2) is 17.5 Å². The molecule has 5 nitrogen and oxygen atoms in total. The highest BCUT2D eigenvalue weighted by molar-refractivity contribution is 6.13. The highest BCUT2D eigenvalue weighted by atomic mass is 15.0. The van der Waals surface area contributed by atoms with Crippen LogP contribution in [0.2, 0.25) is 0 Å². The molecule has 0 aliphatic rings. The average molecular weight is 664 g/mol. The van der Waals surface area contributed by atoms with E-state index in [4.69, 9.17) is 24.9 Å². The fraction of sp³-hybridized carbons (Fsp3) is 0. The van der Waals surface area contributed by atoms with Crippen LogP contribution < -0.4 is 0 Å². The minimum atomic E-state index is 0.539. The standard InChI is InChI=1S/C47H29N5/c1-3-11-30(12-4-1)45-50-46(31-13-5-2-6-14-31)52-47(51-45)44-26-22-36-28-33(20-24-42(36)49-44)32-19-23-41-35(27-32)21-25-43(48-41)40-29-34-15-7-8-16-37(34)38-17-9-10-18-39(38)40/h1-29H. The van der Waals surface area contributed by atoms with E-state index in [1.165, 1.54) is 21.5 Å². The molecule has 3 aromatic heterocycles. The second kappa shape index (κ2) is 12.3. The molecule has 0 aliphatic heterocycles. The minimum Gasteiger partial charge on any atom is -0.248 e. The van der Waals surface area contributed by atoms with Crippen LogP contribution in [0.4, 0.5) is 0 Å². The van der Waals surface area contributed by atoms with Gasteiger partial charge in [-0.15, -0.1) is 0 Å². The van der Waals surface area contributed by atoms with Gasteiger partial charge in [-0.05, 0) is 75.1 Å². The van der Waals surface area contributed by atoms with Crippen LogP contribution in [0, 0.1) is 0 Å². The summed E-state index contributed by atoms with van der Waals surface area (Å²) < 4.78 is 0. The van der Waals surface area contributed by atoms with Crippen molar-refractivity contribution >= 4 is 43.4 Å². The number of aromatic nitrogens is 5. The van der Waals surface area contributed by atoms with Gasteiger partial charge in [0.05, 0.1) is 16.7 Å². The molecule has 0 spiro atoms. The van der Waals surface area contributed by atoms with E-state index < -0.39 is 0 Å². The molecule has 0 N–H and O–H groups in total. The summed E-state index contributed by atoms with van der Waals surface area (Å²) in [6, 6.07) is 60.7. The Morgan fingerprint density at radius 2 is 0.769 bits per heavy atom. The Labute approximate surface area is 300 Å². The Kier molecular flexibility index (Phi) is 7.07. The minimum absolute atomic E-state index is 0.539. The molecule has 0 amide bonds. The second-order valence-corrected chi connectivity index (χ2v) is 12.9. The molecule has 10 aromatic rings. The summed E-state index contributed by atoms with van der Waals surface area (Å²) in [5.41, 5.74) is 8.75. The number of hydrogen-bond donors (Lipinski definition) is 0. The molecule has 0 unspecified atom stereocenters. The lowest BCUT2D eigenvalue weighted by Gasteiger charge is -2.12. The summed E-state index contributed by atoms with van der Waals surface area (Å²) in [6.45, 7) is 0. The van der Waals surface area contributed by atoms with Crippen LogP contribution in [0.15, 0.2) is 176 Å². The Morgan fingerprint density at radius 3 is 1.40 bits per heavy atom. The maximum absolute atomic E-state index is 5.15. The first kappa shape index (κ1) is 29.8. The maximum Gasteiger partial charge on any atom is 0.182 e. The molecule has 0 aliphatic carbocycles. The van der Waals surface area contributed by atoms with Crippen molar-refractivity contribution in [3.8, 4) is 56.7 Å². The van der Waals surface area contributed by atoms with Gasteiger partial charge in [-0.1, -0.05) is 133 Å². The lowest BCUT2D eigenvalue weighted by Crippen LogP contribution is -2.01. The van der Waals surface area contributed by atoms with Gasteiger partial charge in [0.25, 0.3) is 0 Å². The van der Waals surface area contributed by atoms with Gasteiger partial charge in [0.1, 0.15) is 5.69 Å². The fourth-order valence-corrected chi connectivity index (χ4v) is 7.07. The van der Waals surface area contributed by atoms with Crippen molar-refractivity contribution < 1.29 is 0 Å². The number of nitrogens with zero attached hydrogens (tertiary/aromatic N) is 5. The van der Waals surface area contributed by atoms with E-state index in [0.29, 0.717) is 23.2 Å². The van der Waals surface area contributed by atoms with Gasteiger partial charge in [0, 0.05) is 27.5 Å². The summed E-state index contributed by atoms with van der Waals surface area (Å²) >= 11 is 0. The van der Waals surface area contributed by atoms with Crippen molar-refractivity contribution in [2.45, 2.75) is 0 Å². The molecule has 5 heteroatoms. The van der Waals surface area contributed by atoms with Crippen molar-refractivity contribution in [3.05, 3.63) is 176 Å². The van der Waals surface area contributed by atoms with Gasteiger partial charge < -0.3 is 0 Å². The molecular weight excluding hydrogens is 635 g/mol. The highest BCUT2D eigenvalue weighted by Crippen LogP contribution is 2.36. The molecule has 0 radical (unpaired) electrons. The van der Waals surface area contributed by atoms with E-state index in [1.54, 1.807) is 0 Å². The Bertz CT molecular complexity index is 2900. The van der Waals surface area contributed by atoms with Crippen molar-refractivity contribution in [2.24, 2.45) is 0 Å². The predicted molar refractivity (Wildman–Crippen MR) is 213 cm³/mol. The third-order valence-corrected chi connectivity index (χ3v) is 9.68. The normalized spacial score (nSPS) is 11.5. The zero-order valence-corrected chi connectivity index (χ0v) is 28.0. The summed E-state index contributed by atoms with van der Waals surface area (Å²) in [7, 11) is 0. The van der Waals surface area contributed by atoms with Gasteiger partial charge in [0.2, 0.25) is 0 Å². The molecule has 0 saturated heterocycles. The van der Waals surface area contributed by atoms with Gasteiger partial charge in [-0.2, -0.15) is 0 Å². The monoisotopic (exact) mass is 663 g/mol. The van der Waals surface area contributed by atoms with Crippen molar-refractivity contribution in [1.82, 2.24) is 24.9 Å². The Hall–Kier alpha value is -7.11. The summed E-state index contributed by atoms with van der Waals surface area (Å²) in [5, 5.41) is 7.06. The van der Waals surface area contributed by atoms with Crippen molar-refractivity contribution in [2.75, 3.05) is 0 Å². The third-order valence-electron chi connectivity index (χ3n) is 9.68. The van der Waals surface area contributed by atoms with Crippen LogP contribution in [-0.2, 0) is 0 Å². The highest BCUT2D eigenvalue weighted by Gasteiger charge is 2.15. The smallest absolute Gasteiger partial charge is 0.182 e. The number of pyridine rings is 2. The quantitative estimate of drug-likeness (QED) is 0.171. The van der Waals surface area contributed by atoms with E-state index in [2.05, 4.69) is 109 Å². The molecule has 0 bridgehead atoms. The topological polar surface area (TPSA) is 64.5 Å². The molecule has 10 rings (SSSR count). The Balaban J connectivity index is 0.996. The lowest BCUT2D eigenvalue weighted by atomic mass is 9.95. The van der Waals surface area contributed by atoms with Crippen molar-refractivity contribution in [3.63, 3.8) is 0 Å². The molecule has 3 heterocycles. The van der Waals surface area contributed by atoms with Crippen LogP contribution in [0.25, 0.3) is 100 Å². The summed E-state index contributed by atoms with van der Waals surface area (Å²) in [6.07, 6.45) is 0. The first-order valence-corrected chi connectivity index (χ1v) is 17.3. The van der Waals surface area contributed by atoms with Crippen molar-refractivity contribution in [1.29, 1.82) is 0 Å². The third kappa shape index (κ3) is 5.32. The molecule has 242 valence electrons. The van der Waals surface area contributed by atoms with E-state index in [1.807, 2.05) is 66.7 Å². The van der Waals surface area contributed by atoms with E-state index in [-0.39, 0.29) is 0 Å². The van der Waals surface area contributed by atoms with Crippen LogP contribution in [0.3, 0.4) is 0 Å². The maximum atomic E-state index is 5.15. The molecule has 0 saturated carbocycles. The first-order chi connectivity index (χ1) is 25.7. The van der Waals surface area contributed by atoms with Crippen LogP contribution >= 0.6 is 0 Å². The summed E-state index contributed by atoms with van der Waals surface area (Å²) in [5.74, 6) is 1.77. The lowest BCUT2D eigenvalue weighted by molar-refractivity contribution is 1.06. The van der Waals surface area contributed by atoms with E-state index in [0.717, 1.165) is 55.3 Å². The average Bonchev–Trinajstić information content (AvgIpc) is 3.23. The number of fused-ring (bicyclic) bond motifs is 5. The molecular formula is C47H29N5.